The average molecular weight is 391 g/mol. The number of hydrogen-bond acceptors (Lipinski definition) is 3. The molecule has 0 bridgehead atoms. The van der Waals surface area contributed by atoms with Gasteiger partial charge in [0.05, 0.1) is 24.1 Å². The van der Waals surface area contributed by atoms with Crippen molar-refractivity contribution in [2.75, 3.05) is 19.7 Å². The van der Waals surface area contributed by atoms with Crippen LogP contribution in [0.2, 0.25) is 0 Å². The number of aromatic hydroxyl groups is 1. The summed E-state index contributed by atoms with van der Waals surface area (Å²) in [6.45, 7) is 1.04. The molecular weight excluding hydrogens is 371 g/mol. The van der Waals surface area contributed by atoms with Crippen molar-refractivity contribution in [3.63, 3.8) is 0 Å². The minimum absolute atomic E-state index is 0.118. The van der Waals surface area contributed by atoms with Gasteiger partial charge in [0, 0.05) is 6.54 Å². The van der Waals surface area contributed by atoms with Gasteiger partial charge < -0.3 is 14.7 Å². The van der Waals surface area contributed by atoms with E-state index in [9.17, 15) is 23.1 Å². The number of amides is 1. The summed E-state index contributed by atoms with van der Waals surface area (Å²) in [5, 5.41) is 9.67. The van der Waals surface area contributed by atoms with E-state index < -0.39 is 17.2 Å². The molecule has 1 saturated carbocycles. The fourth-order valence-electron chi connectivity index (χ4n) is 3.81. The van der Waals surface area contributed by atoms with Gasteiger partial charge in [-0.05, 0) is 42.2 Å². The third-order valence-corrected chi connectivity index (χ3v) is 5.50. The predicted molar refractivity (Wildman–Crippen MR) is 95.7 cm³/mol. The van der Waals surface area contributed by atoms with Gasteiger partial charge in [0.2, 0.25) is 5.91 Å². The largest absolute Gasteiger partial charge is 0.508 e. The third-order valence-electron chi connectivity index (χ3n) is 5.50. The zero-order valence-corrected chi connectivity index (χ0v) is 15.1. The number of ether oxygens (including phenoxy) is 1. The van der Waals surface area contributed by atoms with Crippen LogP contribution in [0.15, 0.2) is 48.5 Å². The molecule has 1 atom stereocenters. The Hall–Kier alpha value is -2.54. The van der Waals surface area contributed by atoms with Crippen molar-refractivity contribution in [1.82, 2.24) is 4.90 Å². The number of carbonyl (C=O) groups excluding carboxylic acids is 1. The lowest BCUT2D eigenvalue weighted by Gasteiger charge is -2.35. The van der Waals surface area contributed by atoms with Gasteiger partial charge in [-0.2, -0.15) is 13.2 Å². The molecule has 0 aromatic heterocycles. The molecule has 7 heteroatoms. The van der Waals surface area contributed by atoms with Gasteiger partial charge in [-0.3, -0.25) is 4.79 Å². The van der Waals surface area contributed by atoms with Crippen molar-refractivity contribution in [3.8, 4) is 5.75 Å². The second-order valence-corrected chi connectivity index (χ2v) is 7.37. The Morgan fingerprint density at radius 2 is 1.89 bits per heavy atom. The highest BCUT2D eigenvalue weighted by molar-refractivity contribution is 5.91. The zero-order valence-electron chi connectivity index (χ0n) is 15.1. The number of benzene rings is 2. The summed E-state index contributed by atoms with van der Waals surface area (Å²) < 4.78 is 45.0. The van der Waals surface area contributed by atoms with Crippen LogP contribution in [0.1, 0.15) is 35.6 Å². The topological polar surface area (TPSA) is 49.8 Å². The molecule has 4 nitrogen and oxygen atoms in total. The first-order valence-electron chi connectivity index (χ1n) is 9.17. The van der Waals surface area contributed by atoms with Gasteiger partial charge in [0.15, 0.2) is 0 Å². The van der Waals surface area contributed by atoms with Crippen molar-refractivity contribution >= 4 is 5.91 Å². The van der Waals surface area contributed by atoms with Crippen LogP contribution >= 0.6 is 0 Å². The summed E-state index contributed by atoms with van der Waals surface area (Å²) >= 11 is 0. The molecule has 1 aliphatic carbocycles. The second-order valence-electron chi connectivity index (χ2n) is 7.37. The number of hydrogen-bond donors (Lipinski definition) is 1. The van der Waals surface area contributed by atoms with Gasteiger partial charge in [-0.25, -0.2) is 0 Å². The molecule has 2 fully saturated rings. The average Bonchev–Trinajstić information content (AvgIpc) is 3.49. The van der Waals surface area contributed by atoms with E-state index >= 15 is 0 Å². The van der Waals surface area contributed by atoms with Crippen LogP contribution in [0.4, 0.5) is 13.2 Å². The van der Waals surface area contributed by atoms with Crippen LogP contribution < -0.4 is 0 Å². The zero-order chi connectivity index (χ0) is 19.9. The Bertz CT molecular complexity index is 892. The SMILES string of the molecule is O=C(N1CCOC(c2cccc(O)c2)C1)C1(c2cccc(C(F)(F)F)c2)CC1. The number of alkyl halides is 3. The molecular formula is C21H20F3NO3. The van der Waals surface area contributed by atoms with E-state index in [1.54, 1.807) is 29.2 Å². The smallest absolute Gasteiger partial charge is 0.416 e. The Labute approximate surface area is 160 Å². The molecule has 1 saturated heterocycles. The number of phenols is 1. The van der Waals surface area contributed by atoms with Gasteiger partial charge in [-0.15, -0.1) is 0 Å². The molecule has 4 rings (SSSR count). The first kappa shape index (κ1) is 18.8. The van der Waals surface area contributed by atoms with E-state index in [0.717, 1.165) is 17.7 Å². The lowest BCUT2D eigenvalue weighted by Crippen LogP contribution is -2.46. The van der Waals surface area contributed by atoms with E-state index in [4.69, 9.17) is 4.74 Å². The fraction of sp³-hybridized carbons (Fsp3) is 0.381. The van der Waals surface area contributed by atoms with Crippen molar-refractivity contribution in [2.45, 2.75) is 30.5 Å². The highest BCUT2D eigenvalue weighted by Gasteiger charge is 2.54. The maximum atomic E-state index is 13.2. The Kier molecular flexibility index (Phi) is 4.57. The predicted octanol–water partition coefficient (Wildman–Crippen LogP) is 4.04. The maximum absolute atomic E-state index is 13.2. The summed E-state index contributed by atoms with van der Waals surface area (Å²) in [6, 6.07) is 11.8. The molecule has 148 valence electrons. The summed E-state index contributed by atoms with van der Waals surface area (Å²) in [4.78, 5) is 14.9. The second kappa shape index (κ2) is 6.81. The summed E-state index contributed by atoms with van der Waals surface area (Å²) in [5.74, 6) is -0.0348. The number of carbonyl (C=O) groups is 1. The van der Waals surface area contributed by atoms with E-state index in [2.05, 4.69) is 0 Å². The number of nitrogens with zero attached hydrogens (tertiary/aromatic N) is 1. The van der Waals surface area contributed by atoms with Crippen LogP contribution in [0.25, 0.3) is 0 Å². The Balaban J connectivity index is 1.55. The van der Waals surface area contributed by atoms with E-state index in [1.165, 1.54) is 6.07 Å². The van der Waals surface area contributed by atoms with E-state index in [0.29, 0.717) is 38.1 Å². The number of phenolic OH excluding ortho intramolecular Hbond substituents is 1. The van der Waals surface area contributed by atoms with Crippen molar-refractivity contribution in [1.29, 1.82) is 0 Å². The summed E-state index contributed by atoms with van der Waals surface area (Å²) in [6.07, 6.45) is -3.72. The molecule has 1 unspecified atom stereocenters. The molecule has 1 amide bonds. The molecule has 1 aliphatic heterocycles. The Morgan fingerprint density at radius 1 is 1.14 bits per heavy atom. The molecule has 2 aliphatic rings. The molecule has 0 radical (unpaired) electrons. The molecule has 2 aromatic rings. The molecule has 2 aromatic carbocycles. The highest BCUT2D eigenvalue weighted by Crippen LogP contribution is 2.51. The monoisotopic (exact) mass is 391 g/mol. The summed E-state index contributed by atoms with van der Waals surface area (Å²) in [7, 11) is 0. The van der Waals surface area contributed by atoms with Gasteiger partial charge in [0.1, 0.15) is 11.9 Å². The molecule has 0 spiro atoms. The number of rotatable bonds is 3. The standard InChI is InChI=1S/C21H20F3NO3/c22-21(23,24)16-5-2-4-15(12-16)20(7-8-20)19(27)25-9-10-28-18(13-25)14-3-1-6-17(26)11-14/h1-6,11-12,18,26H,7-10,13H2. The van der Waals surface area contributed by atoms with Crippen LogP contribution in [0, 0.1) is 0 Å². The number of halogens is 3. The van der Waals surface area contributed by atoms with Crippen LogP contribution in [0.3, 0.4) is 0 Å². The van der Waals surface area contributed by atoms with Crippen LogP contribution in [-0.2, 0) is 21.1 Å². The fourth-order valence-corrected chi connectivity index (χ4v) is 3.81. The lowest BCUT2D eigenvalue weighted by molar-refractivity contribution is -0.142. The maximum Gasteiger partial charge on any atom is 0.416 e. The third kappa shape index (κ3) is 3.46. The highest BCUT2D eigenvalue weighted by atomic mass is 19.4. The molecule has 28 heavy (non-hydrogen) atoms. The first-order valence-corrected chi connectivity index (χ1v) is 9.17. The van der Waals surface area contributed by atoms with Crippen molar-refractivity contribution in [2.24, 2.45) is 0 Å². The normalized spacial score (nSPS) is 21.4. The van der Waals surface area contributed by atoms with Crippen LogP contribution in [-0.4, -0.2) is 35.6 Å². The molecule has 1 N–H and O–H groups in total. The van der Waals surface area contributed by atoms with Crippen LogP contribution in [0.5, 0.6) is 5.75 Å². The Morgan fingerprint density at radius 3 is 2.57 bits per heavy atom. The van der Waals surface area contributed by atoms with Gasteiger partial charge in [0.25, 0.3) is 0 Å². The van der Waals surface area contributed by atoms with Crippen molar-refractivity contribution in [3.05, 3.63) is 65.2 Å². The first-order chi connectivity index (χ1) is 13.3. The lowest BCUT2D eigenvalue weighted by atomic mass is 9.92. The minimum Gasteiger partial charge on any atom is -0.508 e. The quantitative estimate of drug-likeness (QED) is 0.859. The van der Waals surface area contributed by atoms with E-state index in [-0.39, 0.29) is 17.8 Å². The van der Waals surface area contributed by atoms with Gasteiger partial charge in [-0.1, -0.05) is 30.3 Å². The minimum atomic E-state index is -4.44. The molecule has 1 heterocycles. The van der Waals surface area contributed by atoms with Crippen molar-refractivity contribution < 1.29 is 27.8 Å². The summed E-state index contributed by atoms with van der Waals surface area (Å²) in [5.41, 5.74) is -0.417. The van der Waals surface area contributed by atoms with Gasteiger partial charge >= 0.3 is 6.18 Å². The van der Waals surface area contributed by atoms with E-state index in [1.807, 2.05) is 6.07 Å². The number of morpholine rings is 1.